The maximum absolute atomic E-state index is 13.7. The SMILES string of the molecule is CCc1ccc(C(=O)N(C[C@@H]2CNC[C@H]2CN(C)C(=O)C[C@H]2CC[C@H](N)CC2)C(C)C)cc1OCCCOC. The van der Waals surface area contributed by atoms with Gasteiger partial charge in [-0.3, -0.25) is 9.59 Å². The molecule has 2 fully saturated rings. The van der Waals surface area contributed by atoms with Gasteiger partial charge in [0.05, 0.1) is 6.61 Å². The van der Waals surface area contributed by atoms with E-state index in [1.165, 1.54) is 0 Å². The highest BCUT2D eigenvalue weighted by molar-refractivity contribution is 5.95. The van der Waals surface area contributed by atoms with Gasteiger partial charge < -0.3 is 30.3 Å². The Hall–Kier alpha value is -2.16. The first-order valence-electron chi connectivity index (χ1n) is 15.0. The van der Waals surface area contributed by atoms with Crippen LogP contribution in [0.2, 0.25) is 0 Å². The molecule has 1 heterocycles. The van der Waals surface area contributed by atoms with Gasteiger partial charge in [0.25, 0.3) is 5.91 Å². The third-order valence-corrected chi connectivity index (χ3v) is 8.53. The highest BCUT2D eigenvalue weighted by Gasteiger charge is 2.33. The van der Waals surface area contributed by atoms with Crippen LogP contribution in [0.1, 0.15) is 75.2 Å². The molecule has 0 spiro atoms. The van der Waals surface area contributed by atoms with Crippen molar-refractivity contribution in [2.24, 2.45) is 23.5 Å². The predicted molar refractivity (Wildman–Crippen MR) is 156 cm³/mol. The Morgan fingerprint density at radius 1 is 1.08 bits per heavy atom. The molecule has 1 aromatic rings. The normalized spacial score (nSPS) is 23.2. The minimum Gasteiger partial charge on any atom is -0.493 e. The number of benzene rings is 1. The van der Waals surface area contributed by atoms with E-state index < -0.39 is 0 Å². The monoisotopic (exact) mass is 544 g/mol. The topological polar surface area (TPSA) is 97.1 Å². The number of nitrogens with one attached hydrogen (secondary N) is 1. The standard InChI is InChI=1S/C31H52N4O4/c1-6-24-10-11-25(17-29(24)39-15-7-14-38-5)31(37)35(22(2)3)21-27-19-33-18-26(27)20-34(4)30(36)16-23-8-12-28(32)13-9-23/h10-11,17,22-23,26-28,33H,6-9,12-16,18-21,32H2,1-5H3/t23-,26-,27-,28-/m0/s1. The predicted octanol–water partition coefficient (Wildman–Crippen LogP) is 3.72. The lowest BCUT2D eigenvalue weighted by atomic mass is 9.84. The zero-order chi connectivity index (χ0) is 28.4. The van der Waals surface area contributed by atoms with Crippen LogP contribution in [0.3, 0.4) is 0 Å². The van der Waals surface area contributed by atoms with Crippen molar-refractivity contribution in [2.75, 3.05) is 53.6 Å². The number of nitrogens with two attached hydrogens (primary N) is 1. The van der Waals surface area contributed by atoms with E-state index in [2.05, 4.69) is 26.1 Å². The zero-order valence-corrected chi connectivity index (χ0v) is 24.9. The summed E-state index contributed by atoms with van der Waals surface area (Å²) in [5.41, 5.74) is 7.80. The number of nitrogens with zero attached hydrogens (tertiary/aromatic N) is 2. The summed E-state index contributed by atoms with van der Waals surface area (Å²) in [6.07, 6.45) is 6.43. The second-order valence-corrected chi connectivity index (χ2v) is 11.9. The molecule has 2 atom stereocenters. The second-order valence-electron chi connectivity index (χ2n) is 11.9. The van der Waals surface area contributed by atoms with E-state index in [1.807, 2.05) is 35.0 Å². The number of hydrogen-bond donors (Lipinski definition) is 2. The quantitative estimate of drug-likeness (QED) is 0.347. The first-order chi connectivity index (χ1) is 18.7. The Bertz CT molecular complexity index is 916. The highest BCUT2D eigenvalue weighted by atomic mass is 16.5. The van der Waals surface area contributed by atoms with Gasteiger partial charge in [-0.25, -0.2) is 0 Å². The number of amides is 2. The molecule has 1 saturated carbocycles. The van der Waals surface area contributed by atoms with Crippen molar-refractivity contribution in [1.29, 1.82) is 0 Å². The summed E-state index contributed by atoms with van der Waals surface area (Å²) >= 11 is 0. The van der Waals surface area contributed by atoms with Gasteiger partial charge in [-0.15, -0.1) is 0 Å². The third-order valence-electron chi connectivity index (χ3n) is 8.53. The molecule has 0 radical (unpaired) electrons. The number of aryl methyl sites for hydroxylation is 1. The van der Waals surface area contributed by atoms with Gasteiger partial charge in [0, 0.05) is 77.4 Å². The maximum Gasteiger partial charge on any atom is 0.254 e. The van der Waals surface area contributed by atoms with Gasteiger partial charge in [0.15, 0.2) is 0 Å². The molecular weight excluding hydrogens is 492 g/mol. The fraction of sp³-hybridized carbons (Fsp3) is 0.742. The molecule has 2 amide bonds. The molecule has 2 aliphatic rings. The molecule has 3 rings (SSSR count). The van der Waals surface area contributed by atoms with Gasteiger partial charge >= 0.3 is 0 Å². The summed E-state index contributed by atoms with van der Waals surface area (Å²) in [7, 11) is 3.62. The number of carbonyl (C=O) groups is 2. The molecule has 0 aromatic heterocycles. The molecule has 8 heteroatoms. The van der Waals surface area contributed by atoms with Crippen LogP contribution < -0.4 is 15.8 Å². The molecule has 3 N–H and O–H groups in total. The van der Waals surface area contributed by atoms with Crippen molar-refractivity contribution in [1.82, 2.24) is 15.1 Å². The lowest BCUT2D eigenvalue weighted by molar-refractivity contribution is -0.131. The lowest BCUT2D eigenvalue weighted by Gasteiger charge is -2.33. The fourth-order valence-electron chi connectivity index (χ4n) is 5.91. The van der Waals surface area contributed by atoms with Crippen LogP contribution in [-0.2, 0) is 16.0 Å². The van der Waals surface area contributed by atoms with Crippen LogP contribution in [0.5, 0.6) is 5.75 Å². The Labute approximate surface area is 236 Å². The molecule has 0 bridgehead atoms. The van der Waals surface area contributed by atoms with Gasteiger partial charge in [-0.2, -0.15) is 0 Å². The number of carbonyl (C=O) groups excluding carboxylic acids is 2. The Morgan fingerprint density at radius 2 is 1.77 bits per heavy atom. The van der Waals surface area contributed by atoms with Crippen LogP contribution in [0, 0.1) is 17.8 Å². The number of rotatable bonds is 14. The van der Waals surface area contributed by atoms with Crippen LogP contribution in [0.15, 0.2) is 18.2 Å². The summed E-state index contributed by atoms with van der Waals surface area (Å²) in [6, 6.07) is 6.20. The smallest absolute Gasteiger partial charge is 0.254 e. The minimum absolute atomic E-state index is 0.0278. The molecule has 1 aromatic carbocycles. The van der Waals surface area contributed by atoms with E-state index >= 15 is 0 Å². The maximum atomic E-state index is 13.7. The summed E-state index contributed by atoms with van der Waals surface area (Å²) in [4.78, 5) is 30.6. The number of methoxy groups -OCH3 is 1. The van der Waals surface area contributed by atoms with E-state index in [4.69, 9.17) is 15.2 Å². The van der Waals surface area contributed by atoms with E-state index in [0.29, 0.717) is 62.1 Å². The molecule has 8 nitrogen and oxygen atoms in total. The van der Waals surface area contributed by atoms with Crippen molar-refractivity contribution >= 4 is 11.8 Å². The summed E-state index contributed by atoms with van der Waals surface area (Å²) < 4.78 is 11.2. The number of hydrogen-bond acceptors (Lipinski definition) is 6. The molecule has 39 heavy (non-hydrogen) atoms. The fourth-order valence-corrected chi connectivity index (χ4v) is 5.91. The van der Waals surface area contributed by atoms with Crippen LogP contribution in [0.25, 0.3) is 0 Å². The molecule has 220 valence electrons. The molecular formula is C31H52N4O4. The average molecular weight is 545 g/mol. The summed E-state index contributed by atoms with van der Waals surface area (Å²) in [6.45, 7) is 10.5. The van der Waals surface area contributed by atoms with Crippen molar-refractivity contribution in [3.63, 3.8) is 0 Å². The van der Waals surface area contributed by atoms with Crippen molar-refractivity contribution in [3.05, 3.63) is 29.3 Å². The lowest BCUT2D eigenvalue weighted by Crippen LogP contribution is -2.44. The highest BCUT2D eigenvalue weighted by Crippen LogP contribution is 2.28. The molecule has 1 aliphatic carbocycles. The Morgan fingerprint density at radius 3 is 2.41 bits per heavy atom. The Kier molecular flexibility index (Phi) is 12.5. The first-order valence-corrected chi connectivity index (χ1v) is 15.0. The average Bonchev–Trinajstić information content (AvgIpc) is 3.36. The molecule has 1 saturated heterocycles. The van der Waals surface area contributed by atoms with E-state index in [-0.39, 0.29) is 17.9 Å². The second kappa shape index (κ2) is 15.6. The summed E-state index contributed by atoms with van der Waals surface area (Å²) in [5.74, 6) is 2.10. The third kappa shape index (κ3) is 9.19. The molecule has 1 aliphatic heterocycles. The van der Waals surface area contributed by atoms with Crippen molar-refractivity contribution < 1.29 is 19.1 Å². The number of ether oxygens (including phenoxy) is 2. The van der Waals surface area contributed by atoms with Crippen LogP contribution in [-0.4, -0.2) is 87.2 Å². The van der Waals surface area contributed by atoms with E-state index in [0.717, 1.165) is 62.9 Å². The zero-order valence-electron chi connectivity index (χ0n) is 24.9. The van der Waals surface area contributed by atoms with Gasteiger partial charge in [0.1, 0.15) is 5.75 Å². The molecule has 0 unspecified atom stereocenters. The van der Waals surface area contributed by atoms with E-state index in [9.17, 15) is 9.59 Å². The van der Waals surface area contributed by atoms with Gasteiger partial charge in [-0.05, 0) is 81.4 Å². The minimum atomic E-state index is 0.0278. The van der Waals surface area contributed by atoms with Crippen molar-refractivity contribution in [2.45, 2.75) is 77.8 Å². The van der Waals surface area contributed by atoms with Crippen molar-refractivity contribution in [3.8, 4) is 5.75 Å². The largest absolute Gasteiger partial charge is 0.493 e. The Balaban J connectivity index is 1.61. The van der Waals surface area contributed by atoms with Crippen LogP contribution in [0.4, 0.5) is 0 Å². The van der Waals surface area contributed by atoms with Crippen LogP contribution >= 0.6 is 0 Å². The summed E-state index contributed by atoms with van der Waals surface area (Å²) in [5, 5.41) is 3.51. The van der Waals surface area contributed by atoms with Gasteiger partial charge in [0.2, 0.25) is 5.91 Å². The van der Waals surface area contributed by atoms with E-state index in [1.54, 1.807) is 7.11 Å². The first kappa shape index (κ1) is 31.4. The van der Waals surface area contributed by atoms with Gasteiger partial charge in [-0.1, -0.05) is 13.0 Å².